The Balaban J connectivity index is 2.06. The first-order chi connectivity index (χ1) is 5.88. The molecule has 2 heterocycles. The monoisotopic (exact) mass is 169 g/mol. The van der Waals surface area contributed by atoms with Crippen molar-refractivity contribution in [2.75, 3.05) is 26.3 Å². The van der Waals surface area contributed by atoms with Crippen LogP contribution in [0.5, 0.6) is 0 Å². The molecule has 0 atom stereocenters. The maximum atomic E-state index is 11.5. The van der Waals surface area contributed by atoms with Crippen LogP contribution in [0, 0.1) is 0 Å². The van der Waals surface area contributed by atoms with Crippen LogP contribution < -0.4 is 5.32 Å². The third kappa shape index (κ3) is 1.44. The second-order valence-electron chi connectivity index (χ2n) is 3.36. The van der Waals surface area contributed by atoms with E-state index in [9.17, 15) is 4.79 Å². The minimum absolute atomic E-state index is 0.278. The maximum absolute atomic E-state index is 11.5. The molecule has 0 saturated carbocycles. The lowest BCUT2D eigenvalue weighted by Gasteiger charge is -2.36. The summed E-state index contributed by atoms with van der Waals surface area (Å²) in [6, 6.07) is 0. The average molecular weight is 169 g/mol. The number of fused-ring (bicyclic) bond motifs is 1. The van der Waals surface area contributed by atoms with Crippen LogP contribution in [0.4, 0.5) is 0 Å². The molecule has 0 aromatic rings. The van der Waals surface area contributed by atoms with Gasteiger partial charge in [0, 0.05) is 26.1 Å². The Labute approximate surface area is 72.5 Å². The molecule has 0 bridgehead atoms. The predicted octanol–water partition coefficient (Wildman–Crippen LogP) is -0.223. The Morgan fingerprint density at radius 1 is 1.25 bits per heavy atom. The van der Waals surface area contributed by atoms with Gasteiger partial charge in [0.1, 0.15) is 0 Å². The zero-order valence-electron chi connectivity index (χ0n) is 7.25. The number of nitrogens with one attached hydrogen (secondary N) is 1. The van der Waals surface area contributed by atoms with Crippen molar-refractivity contribution in [3.8, 4) is 0 Å². The molecule has 2 saturated heterocycles. The van der Waals surface area contributed by atoms with Crippen LogP contribution in [0.2, 0.25) is 0 Å². The number of rotatable bonds is 0. The number of amides is 1. The number of hydrogen-bond acceptors (Lipinski definition) is 3. The minimum atomic E-state index is 0.278. The van der Waals surface area contributed by atoms with Crippen LogP contribution in [0.1, 0.15) is 19.3 Å². The Kier molecular flexibility index (Phi) is 2.28. The summed E-state index contributed by atoms with van der Waals surface area (Å²) in [6.45, 7) is 3.61. The number of hydrogen-bond donors (Lipinski definition) is 1. The summed E-state index contributed by atoms with van der Waals surface area (Å²) in [5.74, 6) is 0.278. The van der Waals surface area contributed by atoms with Crippen LogP contribution in [0.3, 0.4) is 0 Å². The van der Waals surface area contributed by atoms with E-state index < -0.39 is 0 Å². The first-order valence-corrected chi connectivity index (χ1v) is 4.64. The number of carbonyl (C=O) groups excluding carboxylic acids is 1. The molecule has 0 aromatic heterocycles. The summed E-state index contributed by atoms with van der Waals surface area (Å²) in [4.78, 5) is 11.5. The summed E-state index contributed by atoms with van der Waals surface area (Å²) in [7, 11) is 0. The van der Waals surface area contributed by atoms with Gasteiger partial charge in [0.2, 0.25) is 5.91 Å². The van der Waals surface area contributed by atoms with Crippen molar-refractivity contribution < 1.29 is 4.79 Å². The van der Waals surface area contributed by atoms with Gasteiger partial charge in [-0.15, -0.1) is 0 Å². The quantitative estimate of drug-likeness (QED) is 0.544. The van der Waals surface area contributed by atoms with Gasteiger partial charge in [-0.2, -0.15) is 0 Å². The fraction of sp³-hybridized carbons (Fsp3) is 0.875. The fourth-order valence-corrected chi connectivity index (χ4v) is 1.80. The van der Waals surface area contributed by atoms with E-state index in [2.05, 4.69) is 10.3 Å². The van der Waals surface area contributed by atoms with E-state index in [0.29, 0.717) is 6.42 Å². The van der Waals surface area contributed by atoms with Crippen LogP contribution in [0.25, 0.3) is 0 Å². The molecular formula is C8H15N3O. The first-order valence-electron chi connectivity index (χ1n) is 4.64. The fourth-order valence-electron chi connectivity index (χ4n) is 1.80. The molecule has 2 rings (SSSR count). The van der Waals surface area contributed by atoms with Crippen molar-refractivity contribution in [3.05, 3.63) is 0 Å². The average Bonchev–Trinajstić information content (AvgIpc) is 2.29. The van der Waals surface area contributed by atoms with Gasteiger partial charge in [-0.3, -0.25) is 9.80 Å². The lowest BCUT2D eigenvalue weighted by atomic mass is 10.2. The lowest BCUT2D eigenvalue weighted by molar-refractivity contribution is -0.150. The molecule has 0 aromatic carbocycles. The molecule has 0 radical (unpaired) electrons. The molecule has 2 fully saturated rings. The van der Waals surface area contributed by atoms with E-state index in [1.54, 1.807) is 0 Å². The molecule has 4 heteroatoms. The maximum Gasteiger partial charge on any atom is 0.238 e. The van der Waals surface area contributed by atoms with E-state index in [-0.39, 0.29) is 5.91 Å². The summed E-state index contributed by atoms with van der Waals surface area (Å²) in [6.07, 6.45) is 3.02. The van der Waals surface area contributed by atoms with Gasteiger partial charge in [-0.1, -0.05) is 0 Å². The normalized spacial score (nSPS) is 26.7. The van der Waals surface area contributed by atoms with Crippen molar-refractivity contribution in [3.63, 3.8) is 0 Å². The zero-order valence-corrected chi connectivity index (χ0v) is 7.25. The number of hydrazine groups is 1. The van der Waals surface area contributed by atoms with Crippen LogP contribution in [-0.4, -0.2) is 42.2 Å². The highest BCUT2D eigenvalue weighted by Gasteiger charge is 2.25. The van der Waals surface area contributed by atoms with Gasteiger partial charge >= 0.3 is 0 Å². The first kappa shape index (κ1) is 8.01. The standard InChI is InChI=1S/C8H15N3O/c12-8-3-4-9-7-10-5-1-2-6-11(8)10/h9H,1-7H2. The summed E-state index contributed by atoms with van der Waals surface area (Å²) < 4.78 is 0. The molecule has 2 aliphatic rings. The number of carbonyl (C=O) groups is 1. The topological polar surface area (TPSA) is 35.6 Å². The van der Waals surface area contributed by atoms with Crippen LogP contribution in [-0.2, 0) is 4.79 Å². The Bertz CT molecular complexity index is 183. The molecule has 0 aliphatic carbocycles. The number of nitrogens with zero attached hydrogens (tertiary/aromatic N) is 2. The minimum Gasteiger partial charge on any atom is -0.302 e. The Morgan fingerprint density at radius 3 is 3.00 bits per heavy atom. The predicted molar refractivity (Wildman–Crippen MR) is 45.1 cm³/mol. The van der Waals surface area contributed by atoms with Gasteiger partial charge in [0.05, 0.1) is 6.67 Å². The van der Waals surface area contributed by atoms with E-state index >= 15 is 0 Å². The van der Waals surface area contributed by atoms with Gasteiger partial charge in [-0.25, -0.2) is 5.01 Å². The van der Waals surface area contributed by atoms with Crippen molar-refractivity contribution >= 4 is 5.91 Å². The lowest BCUT2D eigenvalue weighted by Crippen LogP contribution is -2.50. The van der Waals surface area contributed by atoms with Crippen molar-refractivity contribution in [2.24, 2.45) is 0 Å². The summed E-state index contributed by atoms with van der Waals surface area (Å²) >= 11 is 0. The smallest absolute Gasteiger partial charge is 0.238 e. The Hall–Kier alpha value is -0.610. The van der Waals surface area contributed by atoms with Crippen LogP contribution >= 0.6 is 0 Å². The van der Waals surface area contributed by atoms with Gasteiger partial charge in [-0.05, 0) is 12.8 Å². The van der Waals surface area contributed by atoms with E-state index in [4.69, 9.17) is 0 Å². The molecule has 68 valence electrons. The second kappa shape index (κ2) is 3.41. The Morgan fingerprint density at radius 2 is 2.08 bits per heavy atom. The molecule has 2 aliphatic heterocycles. The summed E-state index contributed by atoms with van der Waals surface area (Å²) in [5, 5.41) is 7.27. The molecule has 1 N–H and O–H groups in total. The van der Waals surface area contributed by atoms with Crippen molar-refractivity contribution in [1.82, 2.24) is 15.3 Å². The van der Waals surface area contributed by atoms with E-state index in [1.165, 1.54) is 6.42 Å². The van der Waals surface area contributed by atoms with Crippen molar-refractivity contribution in [2.45, 2.75) is 19.3 Å². The van der Waals surface area contributed by atoms with E-state index in [1.807, 2.05) is 5.01 Å². The second-order valence-corrected chi connectivity index (χ2v) is 3.36. The molecule has 0 unspecified atom stereocenters. The molecule has 0 spiro atoms. The van der Waals surface area contributed by atoms with Crippen molar-refractivity contribution in [1.29, 1.82) is 0 Å². The largest absolute Gasteiger partial charge is 0.302 e. The summed E-state index contributed by atoms with van der Waals surface area (Å²) in [5.41, 5.74) is 0. The van der Waals surface area contributed by atoms with Gasteiger partial charge < -0.3 is 5.32 Å². The van der Waals surface area contributed by atoms with E-state index in [0.717, 1.165) is 32.7 Å². The van der Waals surface area contributed by atoms with Gasteiger partial charge in [0.25, 0.3) is 0 Å². The SMILES string of the molecule is O=C1CCNCN2CCCCN12. The third-order valence-electron chi connectivity index (χ3n) is 2.48. The van der Waals surface area contributed by atoms with Gasteiger partial charge in [0.15, 0.2) is 0 Å². The zero-order chi connectivity index (χ0) is 8.39. The molecule has 1 amide bonds. The highest BCUT2D eigenvalue weighted by Crippen LogP contribution is 2.12. The highest BCUT2D eigenvalue weighted by atomic mass is 16.2. The third-order valence-corrected chi connectivity index (χ3v) is 2.48. The highest BCUT2D eigenvalue weighted by molar-refractivity contribution is 5.76. The molecular weight excluding hydrogens is 154 g/mol. The van der Waals surface area contributed by atoms with Crippen LogP contribution in [0.15, 0.2) is 0 Å². The molecule has 4 nitrogen and oxygen atoms in total. The molecule has 12 heavy (non-hydrogen) atoms.